The second-order valence-corrected chi connectivity index (χ2v) is 5.36. The standard InChI is InChI=1S/C16H22N4O4/c17-15(21)16(22)20(5-1-3-18-7-11-23-12-8-18)6-2-4-19-9-13-24-14-10-19/h3-4,7-14H2,(H2,17,21). The number of morpholine rings is 2. The molecule has 2 fully saturated rings. The highest BCUT2D eigenvalue weighted by Gasteiger charge is 2.16. The van der Waals surface area contributed by atoms with Crippen LogP contribution in [0.25, 0.3) is 0 Å². The van der Waals surface area contributed by atoms with Crippen molar-refractivity contribution in [2.24, 2.45) is 5.73 Å². The number of primary amides is 1. The van der Waals surface area contributed by atoms with E-state index in [0.29, 0.717) is 39.5 Å². The first-order valence-electron chi connectivity index (χ1n) is 7.88. The Kier molecular flexibility index (Phi) is 7.53. The van der Waals surface area contributed by atoms with Gasteiger partial charge in [-0.25, -0.2) is 0 Å². The van der Waals surface area contributed by atoms with E-state index in [0.717, 1.165) is 31.1 Å². The molecule has 8 heteroatoms. The lowest BCUT2D eigenvalue weighted by atomic mass is 10.4. The lowest BCUT2D eigenvalue weighted by Crippen LogP contribution is -2.37. The van der Waals surface area contributed by atoms with Gasteiger partial charge in [-0.15, -0.1) is 0 Å². The maximum atomic E-state index is 11.8. The number of carbonyl (C=O) groups excluding carboxylic acids is 2. The van der Waals surface area contributed by atoms with E-state index in [1.165, 1.54) is 0 Å². The molecule has 2 amide bonds. The van der Waals surface area contributed by atoms with Gasteiger partial charge in [-0.1, -0.05) is 11.8 Å². The van der Waals surface area contributed by atoms with Gasteiger partial charge >= 0.3 is 11.8 Å². The second kappa shape index (κ2) is 9.91. The lowest BCUT2D eigenvalue weighted by molar-refractivity contribution is -0.140. The Hall–Kier alpha value is -2.10. The molecular formula is C16H22N4O4. The first-order chi connectivity index (χ1) is 11.7. The molecule has 0 aromatic carbocycles. The van der Waals surface area contributed by atoms with Crippen molar-refractivity contribution in [3.63, 3.8) is 0 Å². The number of nitrogens with zero attached hydrogens (tertiary/aromatic N) is 3. The average molecular weight is 334 g/mol. The molecule has 0 saturated carbocycles. The molecule has 0 aromatic rings. The Bertz CT molecular complexity index is 522. The smallest absolute Gasteiger partial charge is 0.335 e. The minimum absolute atomic E-state index is 0.483. The highest BCUT2D eigenvalue weighted by atomic mass is 16.5. The molecule has 130 valence electrons. The minimum Gasteiger partial charge on any atom is -0.379 e. The van der Waals surface area contributed by atoms with E-state index in [1.54, 1.807) is 0 Å². The Morgan fingerprint density at radius 3 is 1.67 bits per heavy atom. The van der Waals surface area contributed by atoms with Gasteiger partial charge in [0.25, 0.3) is 0 Å². The average Bonchev–Trinajstić information content (AvgIpc) is 2.61. The molecule has 0 aliphatic carbocycles. The molecule has 0 spiro atoms. The van der Waals surface area contributed by atoms with Crippen molar-refractivity contribution in [3.05, 3.63) is 0 Å². The molecule has 0 aromatic heterocycles. The van der Waals surface area contributed by atoms with E-state index in [-0.39, 0.29) is 0 Å². The molecular weight excluding hydrogens is 312 g/mol. The minimum atomic E-state index is -1.07. The Labute approximate surface area is 141 Å². The first kappa shape index (κ1) is 18.2. The maximum Gasteiger partial charge on any atom is 0.335 e. The highest BCUT2D eigenvalue weighted by Crippen LogP contribution is 1.96. The number of ether oxygens (including phenoxy) is 2. The predicted molar refractivity (Wildman–Crippen MR) is 86.1 cm³/mol. The third-order valence-corrected chi connectivity index (χ3v) is 3.61. The van der Waals surface area contributed by atoms with Crippen LogP contribution in [0.5, 0.6) is 0 Å². The summed E-state index contributed by atoms with van der Waals surface area (Å²) in [6, 6.07) is 5.24. The van der Waals surface area contributed by atoms with Gasteiger partial charge in [0, 0.05) is 38.3 Å². The summed E-state index contributed by atoms with van der Waals surface area (Å²) in [5, 5.41) is 0. The molecule has 0 atom stereocenters. The first-order valence-corrected chi connectivity index (χ1v) is 7.88. The summed E-state index contributed by atoms with van der Waals surface area (Å²) in [7, 11) is 0. The van der Waals surface area contributed by atoms with Crippen molar-refractivity contribution < 1.29 is 19.1 Å². The van der Waals surface area contributed by atoms with Crippen LogP contribution in [-0.2, 0) is 19.1 Å². The van der Waals surface area contributed by atoms with Gasteiger partial charge in [0.2, 0.25) is 0 Å². The lowest BCUT2D eigenvalue weighted by Gasteiger charge is -2.24. The predicted octanol–water partition coefficient (Wildman–Crippen LogP) is -2.11. The third kappa shape index (κ3) is 6.19. The van der Waals surface area contributed by atoms with E-state index in [1.807, 2.05) is 0 Å². The zero-order chi connectivity index (χ0) is 17.2. The third-order valence-electron chi connectivity index (χ3n) is 3.61. The normalized spacial score (nSPS) is 18.7. The Morgan fingerprint density at radius 2 is 1.29 bits per heavy atom. The number of carbonyl (C=O) groups is 2. The molecule has 0 unspecified atom stereocenters. The van der Waals surface area contributed by atoms with Gasteiger partial charge in [-0.2, -0.15) is 4.90 Å². The van der Waals surface area contributed by atoms with Crippen molar-refractivity contribution in [2.75, 3.05) is 65.7 Å². The largest absolute Gasteiger partial charge is 0.379 e. The molecule has 2 heterocycles. The molecule has 24 heavy (non-hydrogen) atoms. The van der Waals surface area contributed by atoms with E-state index >= 15 is 0 Å². The number of nitrogens with two attached hydrogens (primary N) is 1. The van der Waals surface area contributed by atoms with Crippen molar-refractivity contribution in [2.45, 2.75) is 0 Å². The van der Waals surface area contributed by atoms with E-state index in [2.05, 4.69) is 33.7 Å². The van der Waals surface area contributed by atoms with Crippen LogP contribution >= 0.6 is 0 Å². The highest BCUT2D eigenvalue weighted by molar-refractivity contribution is 6.35. The molecule has 2 N–H and O–H groups in total. The Morgan fingerprint density at radius 1 is 0.875 bits per heavy atom. The summed E-state index contributed by atoms with van der Waals surface area (Å²) in [4.78, 5) is 28.0. The Balaban J connectivity index is 1.91. The number of rotatable bonds is 2. The summed E-state index contributed by atoms with van der Waals surface area (Å²) < 4.78 is 10.5. The van der Waals surface area contributed by atoms with Crippen molar-refractivity contribution in [1.82, 2.24) is 14.7 Å². The van der Waals surface area contributed by atoms with Gasteiger partial charge in [0.1, 0.15) is 0 Å². The summed E-state index contributed by atoms with van der Waals surface area (Å²) in [5.74, 6) is 3.73. The maximum absolute atomic E-state index is 11.8. The van der Waals surface area contributed by atoms with Crippen molar-refractivity contribution >= 4 is 11.8 Å². The zero-order valence-electron chi connectivity index (χ0n) is 13.6. The second-order valence-electron chi connectivity index (χ2n) is 5.36. The van der Waals surface area contributed by atoms with Gasteiger partial charge in [-0.05, 0) is 0 Å². The van der Waals surface area contributed by atoms with Crippen molar-refractivity contribution in [1.29, 1.82) is 0 Å². The molecule has 0 radical (unpaired) electrons. The van der Waals surface area contributed by atoms with Gasteiger partial charge in [0.15, 0.2) is 0 Å². The van der Waals surface area contributed by atoms with E-state index in [9.17, 15) is 9.59 Å². The number of hydrogen-bond acceptors (Lipinski definition) is 6. The summed E-state index contributed by atoms with van der Waals surface area (Å²) in [6.07, 6.45) is 0. The number of amides is 2. The van der Waals surface area contributed by atoms with Gasteiger partial charge in [-0.3, -0.25) is 19.4 Å². The van der Waals surface area contributed by atoms with Crippen LogP contribution in [0, 0.1) is 23.9 Å². The van der Waals surface area contributed by atoms with Crippen molar-refractivity contribution in [3.8, 4) is 23.9 Å². The van der Waals surface area contributed by atoms with Crippen LogP contribution in [-0.4, -0.2) is 92.2 Å². The summed E-state index contributed by atoms with van der Waals surface area (Å²) >= 11 is 0. The zero-order valence-corrected chi connectivity index (χ0v) is 13.6. The van der Waals surface area contributed by atoms with E-state index < -0.39 is 11.8 Å². The van der Waals surface area contributed by atoms with Gasteiger partial charge in [0.05, 0.1) is 39.5 Å². The fourth-order valence-electron chi connectivity index (χ4n) is 2.21. The topological polar surface area (TPSA) is 88.3 Å². The molecule has 2 aliphatic heterocycles. The number of hydrogen-bond donors (Lipinski definition) is 1. The van der Waals surface area contributed by atoms with Gasteiger partial charge < -0.3 is 15.2 Å². The van der Waals surface area contributed by atoms with Crippen LogP contribution in [0.2, 0.25) is 0 Å². The molecule has 2 saturated heterocycles. The SMILES string of the molecule is NC(=O)C(=O)N(C#CCN1CCOCC1)C#CCN1CCOCC1. The van der Waals surface area contributed by atoms with Crippen LogP contribution in [0.1, 0.15) is 0 Å². The molecule has 2 aliphatic rings. The van der Waals surface area contributed by atoms with Crippen LogP contribution in [0.15, 0.2) is 0 Å². The quantitative estimate of drug-likeness (QED) is 0.353. The van der Waals surface area contributed by atoms with E-state index in [4.69, 9.17) is 15.2 Å². The monoisotopic (exact) mass is 334 g/mol. The van der Waals surface area contributed by atoms with Crippen LogP contribution in [0.4, 0.5) is 0 Å². The summed E-state index contributed by atoms with van der Waals surface area (Å²) in [5.41, 5.74) is 5.05. The molecule has 2 rings (SSSR count). The summed E-state index contributed by atoms with van der Waals surface area (Å²) in [6.45, 7) is 6.82. The molecule has 0 bridgehead atoms. The molecule has 8 nitrogen and oxygen atoms in total. The fourth-order valence-corrected chi connectivity index (χ4v) is 2.21. The van der Waals surface area contributed by atoms with Crippen LogP contribution in [0.3, 0.4) is 0 Å². The van der Waals surface area contributed by atoms with Crippen LogP contribution < -0.4 is 5.73 Å². The fraction of sp³-hybridized carbons (Fsp3) is 0.625.